The van der Waals surface area contributed by atoms with Crippen LogP contribution in [-0.2, 0) is 9.53 Å². The largest absolute Gasteiger partial charge is 0.465 e. The maximum absolute atomic E-state index is 14.5. The number of benzene rings is 2. The van der Waals surface area contributed by atoms with Crippen molar-refractivity contribution in [1.82, 2.24) is 10.2 Å². The molecule has 0 radical (unpaired) electrons. The normalized spacial score (nSPS) is 30.6. The summed E-state index contributed by atoms with van der Waals surface area (Å²) in [7, 11) is 1.37. The molecule has 42 heavy (non-hydrogen) atoms. The van der Waals surface area contributed by atoms with E-state index >= 15 is 0 Å². The number of allylic oxidation sites excluding steroid dienone is 4. The van der Waals surface area contributed by atoms with Crippen molar-refractivity contribution in [2.75, 3.05) is 24.7 Å². The molecule has 3 fully saturated rings. The number of nitrogens with one attached hydrogen (secondary N) is 2. The molecule has 2 aliphatic heterocycles. The zero-order valence-electron chi connectivity index (χ0n) is 24.2. The molecule has 0 spiro atoms. The first-order chi connectivity index (χ1) is 20.1. The smallest absolute Gasteiger partial charge is 0.338 e. The van der Waals surface area contributed by atoms with Crippen molar-refractivity contribution < 1.29 is 14.3 Å². The monoisotopic (exact) mass is 608 g/mol. The van der Waals surface area contributed by atoms with E-state index in [0.717, 1.165) is 35.5 Å². The van der Waals surface area contributed by atoms with Gasteiger partial charge in [-0.25, -0.2) is 4.79 Å². The second kappa shape index (κ2) is 11.3. The van der Waals surface area contributed by atoms with Crippen LogP contribution in [0.25, 0.3) is 0 Å². The zero-order chi connectivity index (χ0) is 29.8. The van der Waals surface area contributed by atoms with Crippen LogP contribution in [0, 0.1) is 24.7 Å². The van der Waals surface area contributed by atoms with Crippen LogP contribution in [0.1, 0.15) is 60.1 Å². The first kappa shape index (κ1) is 29.2. The number of amides is 1. The maximum atomic E-state index is 14.5. The Morgan fingerprint density at radius 2 is 1.95 bits per heavy atom. The molecule has 1 amide bonds. The van der Waals surface area contributed by atoms with E-state index in [9.17, 15) is 9.59 Å². The second-order valence-electron chi connectivity index (χ2n) is 12.3. The Morgan fingerprint density at radius 3 is 2.62 bits per heavy atom. The number of piperidine rings is 1. The lowest BCUT2D eigenvalue weighted by atomic mass is 9.72. The number of esters is 1. The summed E-state index contributed by atoms with van der Waals surface area (Å²) in [5.74, 6) is -0.0988. The van der Waals surface area contributed by atoms with E-state index in [1.807, 2.05) is 37.3 Å². The van der Waals surface area contributed by atoms with Gasteiger partial charge in [-0.2, -0.15) is 0 Å². The lowest BCUT2D eigenvalue weighted by Gasteiger charge is -2.41. The molecule has 222 valence electrons. The van der Waals surface area contributed by atoms with Gasteiger partial charge in [0.2, 0.25) is 5.91 Å². The number of fused-ring (bicyclic) bond motifs is 1. The van der Waals surface area contributed by atoms with E-state index < -0.39 is 11.5 Å². The van der Waals surface area contributed by atoms with Crippen LogP contribution in [0.15, 0.2) is 59.7 Å². The summed E-state index contributed by atoms with van der Waals surface area (Å²) >= 11 is 13.1. The number of rotatable bonds is 7. The third kappa shape index (κ3) is 5.04. The van der Waals surface area contributed by atoms with Gasteiger partial charge in [0.05, 0.1) is 12.7 Å². The fraction of sp³-hybridized carbons (Fsp3) is 0.455. The number of hydrogen-bond donors (Lipinski definition) is 3. The summed E-state index contributed by atoms with van der Waals surface area (Å²) in [4.78, 5) is 29.2. The molecule has 4 N–H and O–H groups in total. The van der Waals surface area contributed by atoms with Gasteiger partial charge < -0.3 is 21.1 Å². The Hall–Kier alpha value is -2.84. The molecule has 2 aliphatic carbocycles. The minimum atomic E-state index is -0.842. The van der Waals surface area contributed by atoms with Crippen LogP contribution in [-0.4, -0.2) is 48.1 Å². The molecule has 2 heterocycles. The predicted octanol–water partition coefficient (Wildman–Crippen LogP) is 6.23. The van der Waals surface area contributed by atoms with Crippen molar-refractivity contribution in [2.24, 2.45) is 17.8 Å². The molecular formula is C33H38Cl2N4O3. The molecule has 2 aromatic rings. The Labute approximate surface area is 257 Å². The lowest BCUT2D eigenvalue weighted by molar-refractivity contribution is -0.129. The van der Waals surface area contributed by atoms with Gasteiger partial charge in [-0.3, -0.25) is 9.69 Å². The van der Waals surface area contributed by atoms with Crippen molar-refractivity contribution in [3.8, 4) is 0 Å². The molecule has 9 heteroatoms. The molecule has 6 rings (SSSR count). The molecule has 2 saturated heterocycles. The van der Waals surface area contributed by atoms with Crippen LogP contribution < -0.4 is 16.4 Å². The van der Waals surface area contributed by atoms with Gasteiger partial charge in [0, 0.05) is 57.9 Å². The fourth-order valence-corrected chi connectivity index (χ4v) is 7.97. The van der Waals surface area contributed by atoms with Crippen molar-refractivity contribution in [1.29, 1.82) is 0 Å². The summed E-state index contributed by atoms with van der Waals surface area (Å²) in [6.07, 6.45) is 10.2. The van der Waals surface area contributed by atoms with Gasteiger partial charge in [0.1, 0.15) is 5.54 Å². The van der Waals surface area contributed by atoms with Gasteiger partial charge in [-0.1, -0.05) is 47.5 Å². The Morgan fingerprint density at radius 1 is 1.17 bits per heavy atom. The number of likely N-dealkylation sites (tertiary alicyclic amines) is 1. The number of carbonyl (C=O) groups excluding carboxylic acids is 2. The van der Waals surface area contributed by atoms with Gasteiger partial charge in [-0.05, 0) is 86.9 Å². The summed E-state index contributed by atoms with van der Waals surface area (Å²) in [6, 6.07) is 11.1. The summed E-state index contributed by atoms with van der Waals surface area (Å²) in [5, 5.41) is 8.48. The number of anilines is 2. The van der Waals surface area contributed by atoms with E-state index in [1.165, 1.54) is 20.0 Å². The minimum Gasteiger partial charge on any atom is -0.465 e. The average Bonchev–Trinajstić information content (AvgIpc) is 3.65. The molecule has 2 aromatic carbocycles. The molecule has 0 aromatic heterocycles. The van der Waals surface area contributed by atoms with E-state index in [0.29, 0.717) is 27.9 Å². The molecule has 3 unspecified atom stereocenters. The average molecular weight is 610 g/mol. The summed E-state index contributed by atoms with van der Waals surface area (Å²) < 4.78 is 4.95. The molecule has 7 nitrogen and oxygen atoms in total. The van der Waals surface area contributed by atoms with E-state index in [2.05, 4.69) is 28.5 Å². The second-order valence-corrected chi connectivity index (χ2v) is 13.2. The molecule has 6 atom stereocenters. The maximum Gasteiger partial charge on any atom is 0.338 e. The van der Waals surface area contributed by atoms with Gasteiger partial charge in [-0.15, -0.1) is 0 Å². The molecule has 0 bridgehead atoms. The topological polar surface area (TPSA) is 96.7 Å². The quantitative estimate of drug-likeness (QED) is 0.255. The number of carbonyl (C=O) groups is 2. The van der Waals surface area contributed by atoms with Gasteiger partial charge >= 0.3 is 5.97 Å². The standard InChI is InChI=1S/C33H38Cl2N4O3/c1-18-22(31(40)42-3)12-13-24(29(18)36)26-14-15-27-30(38-26)28(23-8-5-9-25(23)35)33(2,39(27)17-19-10-11-19)32(41)37-21-7-4-6-20(34)16-21/h4-9,12-13,16,19,23,26-28,30,38H,10-11,14-15,17,36H2,1-3H3,(H,37,41)/t23?,26?,27-,28?,30+,33+/m0/s1. The molecular weight excluding hydrogens is 571 g/mol. The zero-order valence-corrected chi connectivity index (χ0v) is 25.7. The Bertz CT molecular complexity index is 1470. The van der Waals surface area contributed by atoms with Crippen molar-refractivity contribution in [2.45, 2.75) is 63.2 Å². The number of methoxy groups -OCH3 is 1. The Balaban J connectivity index is 1.39. The lowest BCUT2D eigenvalue weighted by Crippen LogP contribution is -2.58. The van der Waals surface area contributed by atoms with Crippen LogP contribution in [0.5, 0.6) is 0 Å². The number of nitrogens with two attached hydrogens (primary N) is 1. The van der Waals surface area contributed by atoms with Crippen molar-refractivity contribution >= 4 is 46.5 Å². The number of hydrogen-bond acceptors (Lipinski definition) is 6. The van der Waals surface area contributed by atoms with Crippen LogP contribution >= 0.6 is 23.2 Å². The highest BCUT2D eigenvalue weighted by molar-refractivity contribution is 6.31. The minimum absolute atomic E-state index is 0.0208. The van der Waals surface area contributed by atoms with E-state index in [1.54, 1.807) is 18.2 Å². The SMILES string of the molecule is COC(=O)c1ccc(C2CC[C@H]3[C@@H](N2)C(C2C=CC=C2Cl)[C@](C)(C(=O)Nc2cccc(Cl)c2)N3CC2CC2)c(N)c1C. The highest BCUT2D eigenvalue weighted by atomic mass is 35.5. The van der Waals surface area contributed by atoms with Crippen molar-refractivity contribution in [3.05, 3.63) is 81.4 Å². The van der Waals surface area contributed by atoms with Gasteiger partial charge in [0.25, 0.3) is 0 Å². The fourth-order valence-electron chi connectivity index (χ4n) is 7.50. The van der Waals surface area contributed by atoms with Crippen LogP contribution in [0.4, 0.5) is 11.4 Å². The number of halogens is 2. The molecule has 1 saturated carbocycles. The van der Waals surface area contributed by atoms with Crippen LogP contribution in [0.3, 0.4) is 0 Å². The van der Waals surface area contributed by atoms with Crippen molar-refractivity contribution in [3.63, 3.8) is 0 Å². The Kier molecular flexibility index (Phi) is 7.90. The van der Waals surface area contributed by atoms with Gasteiger partial charge in [0.15, 0.2) is 0 Å². The van der Waals surface area contributed by atoms with Crippen LogP contribution in [0.2, 0.25) is 5.02 Å². The first-order valence-corrected chi connectivity index (χ1v) is 15.5. The third-order valence-corrected chi connectivity index (χ3v) is 10.5. The highest BCUT2D eigenvalue weighted by Crippen LogP contribution is 2.53. The first-order valence-electron chi connectivity index (χ1n) is 14.7. The number of ether oxygens (including phenoxy) is 1. The predicted molar refractivity (Wildman–Crippen MR) is 168 cm³/mol. The van der Waals surface area contributed by atoms with E-state index in [4.69, 9.17) is 33.7 Å². The summed E-state index contributed by atoms with van der Waals surface area (Å²) in [6.45, 7) is 4.82. The highest BCUT2D eigenvalue weighted by Gasteiger charge is 2.63. The number of nitrogens with zero attached hydrogens (tertiary/aromatic N) is 1. The third-order valence-electron chi connectivity index (χ3n) is 9.89. The summed E-state index contributed by atoms with van der Waals surface area (Å²) in [5.41, 5.74) is 9.24. The molecule has 4 aliphatic rings. The number of nitrogen functional groups attached to an aromatic ring is 1. The van der Waals surface area contributed by atoms with E-state index in [-0.39, 0.29) is 35.9 Å².